The first-order valence-electron chi connectivity index (χ1n) is 5.73. The summed E-state index contributed by atoms with van der Waals surface area (Å²) in [5, 5.41) is 18.7. The lowest BCUT2D eigenvalue weighted by Gasteiger charge is -2.11. The molecule has 0 aliphatic heterocycles. The van der Waals surface area contributed by atoms with E-state index in [0.29, 0.717) is 24.8 Å². The number of rotatable bonds is 7. The Morgan fingerprint density at radius 1 is 1.29 bits per heavy atom. The molecule has 1 atom stereocenters. The Morgan fingerprint density at radius 2 is 2.06 bits per heavy atom. The summed E-state index contributed by atoms with van der Waals surface area (Å²) < 4.78 is 5.26. The molecule has 4 nitrogen and oxygen atoms in total. The van der Waals surface area contributed by atoms with Crippen molar-refractivity contribution in [3.8, 4) is 11.5 Å². The summed E-state index contributed by atoms with van der Waals surface area (Å²) >= 11 is 0. The molecule has 1 rings (SSSR count). The van der Waals surface area contributed by atoms with Crippen molar-refractivity contribution in [2.75, 3.05) is 12.8 Å². The van der Waals surface area contributed by atoms with E-state index in [1.54, 1.807) is 6.07 Å². The lowest BCUT2D eigenvalue weighted by molar-refractivity contribution is 0.302. The van der Waals surface area contributed by atoms with Gasteiger partial charge < -0.3 is 19.6 Å². The van der Waals surface area contributed by atoms with Crippen LogP contribution in [0.4, 0.5) is 0 Å². The van der Waals surface area contributed by atoms with Crippen molar-refractivity contribution in [2.45, 2.75) is 26.2 Å². The molecule has 3 N–H and O–H groups in total. The smallest absolute Gasteiger partial charge is 0.168 e. The second-order valence-corrected chi connectivity index (χ2v) is 5.24. The van der Waals surface area contributed by atoms with E-state index in [9.17, 15) is 10.00 Å². The van der Waals surface area contributed by atoms with E-state index in [2.05, 4.69) is 6.92 Å². The van der Waals surface area contributed by atoms with Gasteiger partial charge in [0.2, 0.25) is 0 Å². The van der Waals surface area contributed by atoms with E-state index in [1.807, 2.05) is 0 Å². The molecule has 0 saturated carbocycles. The highest BCUT2D eigenvalue weighted by Gasteiger charge is 2.08. The normalized spacial score (nSPS) is 12.6. The third-order valence-corrected chi connectivity index (χ3v) is 3.47. The van der Waals surface area contributed by atoms with Gasteiger partial charge in [0.15, 0.2) is 8.38 Å². The maximum atomic E-state index is 9.59. The summed E-state index contributed by atoms with van der Waals surface area (Å²) in [4.78, 5) is 9.59. The van der Waals surface area contributed by atoms with Gasteiger partial charge in [-0.25, -0.2) is 0 Å². The summed E-state index contributed by atoms with van der Waals surface area (Å²) in [6, 6.07) is 4.47. The summed E-state index contributed by atoms with van der Waals surface area (Å²) in [7, 11) is -1.41. The van der Waals surface area contributed by atoms with Gasteiger partial charge in [0.05, 0.1) is 6.61 Å². The molecular weight excluding hydrogens is 239 g/mol. The standard InChI is InChI=1S/C12H19O4P/c1-2-3-7-16-17(15)8-6-10-4-5-11(13)9-12(10)14/h4-5,9,13-15H,2-3,6-8H2,1H3. The summed E-state index contributed by atoms with van der Waals surface area (Å²) in [5.74, 6) is 0.0960. The Bertz CT molecular complexity index is 343. The molecular formula is C12H19O4P. The van der Waals surface area contributed by atoms with E-state index < -0.39 is 8.38 Å². The molecule has 17 heavy (non-hydrogen) atoms. The predicted octanol–water partition coefficient (Wildman–Crippen LogP) is 2.76. The first-order valence-corrected chi connectivity index (χ1v) is 7.13. The molecule has 0 saturated heterocycles. The second kappa shape index (κ2) is 7.49. The minimum absolute atomic E-state index is 0.0386. The highest BCUT2D eigenvalue weighted by molar-refractivity contribution is 7.46. The molecule has 1 aromatic rings. The number of unbranched alkanes of at least 4 members (excludes halogenated alkanes) is 1. The zero-order valence-corrected chi connectivity index (χ0v) is 10.9. The van der Waals surface area contributed by atoms with Crippen LogP contribution in [0.25, 0.3) is 0 Å². The first-order chi connectivity index (χ1) is 8.13. The fourth-order valence-corrected chi connectivity index (χ4v) is 2.26. The molecule has 5 heteroatoms. The van der Waals surface area contributed by atoms with Crippen LogP contribution in [-0.2, 0) is 10.9 Å². The van der Waals surface area contributed by atoms with Crippen molar-refractivity contribution < 1.29 is 19.6 Å². The van der Waals surface area contributed by atoms with Gasteiger partial charge in [-0.15, -0.1) is 0 Å². The third kappa shape index (κ3) is 5.35. The average molecular weight is 258 g/mol. The lowest BCUT2D eigenvalue weighted by Crippen LogP contribution is -1.96. The number of hydrogen-bond donors (Lipinski definition) is 3. The monoisotopic (exact) mass is 258 g/mol. The van der Waals surface area contributed by atoms with Crippen LogP contribution >= 0.6 is 8.38 Å². The molecule has 0 spiro atoms. The Morgan fingerprint density at radius 3 is 2.71 bits per heavy atom. The minimum Gasteiger partial charge on any atom is -0.508 e. The quantitative estimate of drug-likeness (QED) is 0.519. The summed E-state index contributed by atoms with van der Waals surface area (Å²) in [5.41, 5.74) is 0.712. The van der Waals surface area contributed by atoms with E-state index in [0.717, 1.165) is 12.8 Å². The average Bonchev–Trinajstić information content (AvgIpc) is 2.28. The molecule has 0 heterocycles. The van der Waals surface area contributed by atoms with Gasteiger partial charge in [-0.2, -0.15) is 0 Å². The SMILES string of the molecule is CCCCOP(O)CCc1ccc(O)cc1O. The van der Waals surface area contributed by atoms with Crippen LogP contribution < -0.4 is 0 Å². The van der Waals surface area contributed by atoms with Crippen LogP contribution in [0.2, 0.25) is 0 Å². The maximum absolute atomic E-state index is 9.59. The minimum atomic E-state index is -1.41. The van der Waals surface area contributed by atoms with Gasteiger partial charge in [0.25, 0.3) is 0 Å². The van der Waals surface area contributed by atoms with Crippen LogP contribution in [0.1, 0.15) is 25.3 Å². The lowest BCUT2D eigenvalue weighted by atomic mass is 10.1. The Labute approximate surface area is 103 Å². The molecule has 1 unspecified atom stereocenters. The molecule has 96 valence electrons. The number of hydrogen-bond acceptors (Lipinski definition) is 4. The largest absolute Gasteiger partial charge is 0.508 e. The molecule has 0 aliphatic carbocycles. The number of phenols is 2. The van der Waals surface area contributed by atoms with E-state index in [1.165, 1.54) is 12.1 Å². The van der Waals surface area contributed by atoms with Crippen LogP contribution in [-0.4, -0.2) is 27.9 Å². The summed E-state index contributed by atoms with van der Waals surface area (Å²) in [6.07, 6.45) is 3.03. The summed E-state index contributed by atoms with van der Waals surface area (Å²) in [6.45, 7) is 2.65. The van der Waals surface area contributed by atoms with Gasteiger partial charge in [-0.3, -0.25) is 0 Å². The van der Waals surface area contributed by atoms with Crippen LogP contribution in [0.3, 0.4) is 0 Å². The van der Waals surface area contributed by atoms with Crippen LogP contribution in [0.5, 0.6) is 11.5 Å². The predicted molar refractivity (Wildman–Crippen MR) is 68.3 cm³/mol. The number of phenolic OH excluding ortho intramolecular Hbond substituents is 2. The molecule has 1 aromatic carbocycles. The van der Waals surface area contributed by atoms with Gasteiger partial charge in [0.1, 0.15) is 11.5 Å². The van der Waals surface area contributed by atoms with E-state index in [-0.39, 0.29) is 11.5 Å². The molecule has 0 aromatic heterocycles. The maximum Gasteiger partial charge on any atom is 0.168 e. The van der Waals surface area contributed by atoms with Crippen molar-refractivity contribution in [3.63, 3.8) is 0 Å². The fourth-order valence-electron chi connectivity index (χ4n) is 1.36. The van der Waals surface area contributed by atoms with Crippen molar-refractivity contribution in [1.29, 1.82) is 0 Å². The van der Waals surface area contributed by atoms with E-state index in [4.69, 9.17) is 9.63 Å². The third-order valence-electron chi connectivity index (χ3n) is 2.38. The van der Waals surface area contributed by atoms with Gasteiger partial charge in [0, 0.05) is 12.2 Å². The number of aryl methyl sites for hydroxylation is 1. The first kappa shape index (κ1) is 14.2. The van der Waals surface area contributed by atoms with Crippen molar-refractivity contribution in [3.05, 3.63) is 23.8 Å². The van der Waals surface area contributed by atoms with Gasteiger partial charge >= 0.3 is 0 Å². The van der Waals surface area contributed by atoms with Gasteiger partial charge in [-0.05, 0) is 24.5 Å². The Kier molecular flexibility index (Phi) is 6.27. The van der Waals surface area contributed by atoms with Crippen LogP contribution in [0.15, 0.2) is 18.2 Å². The molecule has 0 fully saturated rings. The van der Waals surface area contributed by atoms with Crippen molar-refractivity contribution >= 4 is 8.38 Å². The van der Waals surface area contributed by atoms with Gasteiger partial charge in [-0.1, -0.05) is 19.4 Å². The number of benzene rings is 1. The fraction of sp³-hybridized carbons (Fsp3) is 0.500. The molecule has 0 bridgehead atoms. The Hall–Kier alpha value is -0.830. The second-order valence-electron chi connectivity index (χ2n) is 3.83. The van der Waals surface area contributed by atoms with Crippen molar-refractivity contribution in [1.82, 2.24) is 0 Å². The van der Waals surface area contributed by atoms with Crippen LogP contribution in [0, 0.1) is 0 Å². The molecule has 0 amide bonds. The highest BCUT2D eigenvalue weighted by atomic mass is 31.2. The highest BCUT2D eigenvalue weighted by Crippen LogP contribution is 2.34. The number of aromatic hydroxyl groups is 2. The van der Waals surface area contributed by atoms with E-state index >= 15 is 0 Å². The zero-order valence-electron chi connectivity index (χ0n) is 9.96. The topological polar surface area (TPSA) is 69.9 Å². The van der Waals surface area contributed by atoms with Crippen molar-refractivity contribution in [2.24, 2.45) is 0 Å². The molecule has 0 aliphatic rings. The Balaban J connectivity index is 2.34. The zero-order chi connectivity index (χ0) is 12.7. The molecule has 0 radical (unpaired) electrons.